The van der Waals surface area contributed by atoms with Crippen LogP contribution in [0.15, 0.2) is 41.0 Å². The number of fused-ring (bicyclic) bond motifs is 1. The minimum Gasteiger partial charge on any atom is -0.467 e. The first-order valence-electron chi connectivity index (χ1n) is 10.3. The largest absolute Gasteiger partial charge is 0.467 e. The second kappa shape index (κ2) is 9.09. The molecule has 2 heterocycles. The zero-order valence-corrected chi connectivity index (χ0v) is 19.3. The van der Waals surface area contributed by atoms with Crippen molar-refractivity contribution in [3.8, 4) is 0 Å². The average molecular weight is 428 g/mol. The Kier molecular flexibility index (Phi) is 6.71. The molecule has 3 rings (SSSR count). The third-order valence-corrected chi connectivity index (χ3v) is 5.50. The maximum atomic E-state index is 13.5. The standard InChI is InChI=1S/C24H30ClN3O2/c1-15(2)28(16(3)4)24(29)27(14-21-8-7-9-30-21)13-20-12-19-11-17(5)10-18(6)22(19)26-23(20)25/h7-12,15-16H,13-14H2,1-6H3. The summed E-state index contributed by atoms with van der Waals surface area (Å²) in [6.07, 6.45) is 1.62. The van der Waals surface area contributed by atoms with Crippen molar-refractivity contribution in [3.63, 3.8) is 0 Å². The summed E-state index contributed by atoms with van der Waals surface area (Å²) in [6, 6.07) is 10.1. The molecule has 2 amide bonds. The van der Waals surface area contributed by atoms with Crippen molar-refractivity contribution in [3.05, 3.63) is 64.2 Å². The lowest BCUT2D eigenvalue weighted by atomic mass is 10.1. The zero-order valence-electron chi connectivity index (χ0n) is 18.6. The summed E-state index contributed by atoms with van der Waals surface area (Å²) in [5, 5.41) is 1.45. The van der Waals surface area contributed by atoms with E-state index in [1.54, 1.807) is 11.2 Å². The number of pyridine rings is 1. The van der Waals surface area contributed by atoms with Gasteiger partial charge in [0.15, 0.2) is 0 Å². The minimum atomic E-state index is -0.0482. The van der Waals surface area contributed by atoms with Crippen molar-refractivity contribution in [2.45, 2.75) is 66.7 Å². The highest BCUT2D eigenvalue weighted by Crippen LogP contribution is 2.26. The molecule has 0 radical (unpaired) electrons. The van der Waals surface area contributed by atoms with Gasteiger partial charge in [0.25, 0.3) is 0 Å². The fraction of sp³-hybridized carbons (Fsp3) is 0.417. The van der Waals surface area contributed by atoms with Crippen molar-refractivity contribution in [1.29, 1.82) is 0 Å². The minimum absolute atomic E-state index is 0.0482. The molecule has 30 heavy (non-hydrogen) atoms. The van der Waals surface area contributed by atoms with E-state index in [0.717, 1.165) is 27.8 Å². The van der Waals surface area contributed by atoms with Gasteiger partial charge in [-0.05, 0) is 71.4 Å². The normalized spacial score (nSPS) is 11.5. The van der Waals surface area contributed by atoms with Gasteiger partial charge >= 0.3 is 6.03 Å². The number of hydrogen-bond acceptors (Lipinski definition) is 3. The summed E-state index contributed by atoms with van der Waals surface area (Å²) in [7, 11) is 0. The quantitative estimate of drug-likeness (QED) is 0.431. The highest BCUT2D eigenvalue weighted by Gasteiger charge is 2.27. The van der Waals surface area contributed by atoms with E-state index < -0.39 is 0 Å². The van der Waals surface area contributed by atoms with Crippen LogP contribution < -0.4 is 0 Å². The van der Waals surface area contributed by atoms with Crippen LogP contribution in [-0.4, -0.2) is 32.9 Å². The molecule has 0 atom stereocenters. The molecular formula is C24H30ClN3O2. The summed E-state index contributed by atoms with van der Waals surface area (Å²) in [5.74, 6) is 0.729. The molecule has 0 fully saturated rings. The lowest BCUT2D eigenvalue weighted by Crippen LogP contribution is -2.49. The predicted molar refractivity (Wildman–Crippen MR) is 122 cm³/mol. The van der Waals surface area contributed by atoms with Crippen molar-refractivity contribution in [2.75, 3.05) is 0 Å². The van der Waals surface area contributed by atoms with Gasteiger partial charge in [-0.3, -0.25) is 0 Å². The lowest BCUT2D eigenvalue weighted by molar-refractivity contribution is 0.116. The Hall–Kier alpha value is -2.53. The Morgan fingerprint density at radius 1 is 1.10 bits per heavy atom. The van der Waals surface area contributed by atoms with Crippen molar-refractivity contribution >= 4 is 28.5 Å². The predicted octanol–water partition coefficient (Wildman–Crippen LogP) is 6.34. The number of hydrogen-bond donors (Lipinski definition) is 0. The summed E-state index contributed by atoms with van der Waals surface area (Å²) >= 11 is 6.56. The molecule has 3 aromatic rings. The van der Waals surface area contributed by atoms with Gasteiger partial charge in [0.1, 0.15) is 10.9 Å². The number of aromatic nitrogens is 1. The maximum Gasteiger partial charge on any atom is 0.321 e. The van der Waals surface area contributed by atoms with Crippen LogP contribution in [0.1, 0.15) is 50.1 Å². The van der Waals surface area contributed by atoms with Crippen molar-refractivity contribution < 1.29 is 9.21 Å². The number of amides is 2. The molecule has 160 valence electrons. The van der Waals surface area contributed by atoms with Crippen LogP contribution in [0.3, 0.4) is 0 Å². The van der Waals surface area contributed by atoms with Gasteiger partial charge in [-0.1, -0.05) is 23.2 Å². The molecular weight excluding hydrogens is 398 g/mol. The lowest BCUT2D eigenvalue weighted by Gasteiger charge is -2.36. The SMILES string of the molecule is Cc1cc(C)c2nc(Cl)c(CN(Cc3ccco3)C(=O)N(C(C)C)C(C)C)cc2c1. The van der Waals surface area contributed by atoms with Gasteiger partial charge in [0.2, 0.25) is 0 Å². The Balaban J connectivity index is 2.00. The number of halogens is 1. The maximum absolute atomic E-state index is 13.5. The molecule has 0 unspecified atom stereocenters. The summed E-state index contributed by atoms with van der Waals surface area (Å²) in [4.78, 5) is 21.8. The Labute approximate surface area is 183 Å². The van der Waals surface area contributed by atoms with Crippen molar-refractivity contribution in [1.82, 2.24) is 14.8 Å². The van der Waals surface area contributed by atoms with Gasteiger partial charge in [0, 0.05) is 23.0 Å². The molecule has 0 aliphatic heterocycles. The number of urea groups is 1. The summed E-state index contributed by atoms with van der Waals surface area (Å²) in [6.45, 7) is 12.9. The first kappa shape index (κ1) is 22.2. The molecule has 0 spiro atoms. The average Bonchev–Trinajstić information content (AvgIpc) is 3.15. The van der Waals surface area contributed by atoms with Crippen LogP contribution in [0.25, 0.3) is 10.9 Å². The van der Waals surface area contributed by atoms with E-state index in [0.29, 0.717) is 18.2 Å². The van der Waals surface area contributed by atoms with Crippen molar-refractivity contribution in [2.24, 2.45) is 0 Å². The number of aryl methyl sites for hydroxylation is 2. The third-order valence-electron chi connectivity index (χ3n) is 5.17. The monoisotopic (exact) mass is 427 g/mol. The summed E-state index contributed by atoms with van der Waals surface area (Å²) in [5.41, 5.74) is 3.97. The molecule has 0 bridgehead atoms. The Morgan fingerprint density at radius 3 is 2.40 bits per heavy atom. The molecule has 5 nitrogen and oxygen atoms in total. The van der Waals surface area contributed by atoms with E-state index >= 15 is 0 Å². The molecule has 2 aromatic heterocycles. The topological polar surface area (TPSA) is 49.6 Å². The highest BCUT2D eigenvalue weighted by atomic mass is 35.5. The number of carbonyl (C=O) groups excluding carboxylic acids is 1. The van der Waals surface area contributed by atoms with Crippen LogP contribution in [0.5, 0.6) is 0 Å². The second-order valence-corrected chi connectivity index (χ2v) is 8.76. The third kappa shape index (κ3) is 4.78. The zero-order chi connectivity index (χ0) is 22.0. The fourth-order valence-electron chi connectivity index (χ4n) is 3.97. The number of benzene rings is 1. The van der Waals surface area contributed by atoms with Gasteiger partial charge in [-0.2, -0.15) is 0 Å². The van der Waals surface area contributed by atoms with Crippen LogP contribution in [0, 0.1) is 13.8 Å². The van der Waals surface area contributed by atoms with E-state index in [2.05, 4.69) is 24.0 Å². The molecule has 1 aromatic carbocycles. The first-order chi connectivity index (χ1) is 14.2. The number of nitrogens with zero attached hydrogens (tertiary/aromatic N) is 3. The van der Waals surface area contributed by atoms with E-state index in [-0.39, 0.29) is 18.1 Å². The number of carbonyl (C=O) groups is 1. The van der Waals surface area contributed by atoms with E-state index in [4.69, 9.17) is 16.0 Å². The second-order valence-electron chi connectivity index (χ2n) is 8.40. The van der Waals surface area contributed by atoms with Crippen LogP contribution in [-0.2, 0) is 13.1 Å². The van der Waals surface area contributed by atoms with E-state index in [1.807, 2.05) is 57.7 Å². The molecule has 0 aliphatic carbocycles. The molecule has 0 saturated heterocycles. The molecule has 6 heteroatoms. The Morgan fingerprint density at radius 2 is 1.80 bits per heavy atom. The highest BCUT2D eigenvalue weighted by molar-refractivity contribution is 6.30. The molecule has 0 aliphatic rings. The smallest absolute Gasteiger partial charge is 0.321 e. The number of rotatable bonds is 6. The fourth-order valence-corrected chi connectivity index (χ4v) is 4.17. The van der Waals surface area contributed by atoms with Gasteiger partial charge < -0.3 is 14.2 Å². The van der Waals surface area contributed by atoms with Crippen LogP contribution in [0.2, 0.25) is 5.15 Å². The van der Waals surface area contributed by atoms with E-state index in [9.17, 15) is 4.79 Å². The van der Waals surface area contributed by atoms with Gasteiger partial charge in [-0.15, -0.1) is 0 Å². The number of furan rings is 1. The Bertz CT molecular complexity index is 1020. The first-order valence-corrected chi connectivity index (χ1v) is 10.7. The van der Waals surface area contributed by atoms with E-state index in [1.165, 1.54) is 5.56 Å². The van der Waals surface area contributed by atoms with Crippen LogP contribution in [0.4, 0.5) is 4.79 Å². The molecule has 0 N–H and O–H groups in total. The molecule has 0 saturated carbocycles. The van der Waals surface area contributed by atoms with Crippen LogP contribution >= 0.6 is 11.6 Å². The summed E-state index contributed by atoms with van der Waals surface area (Å²) < 4.78 is 5.52. The van der Waals surface area contributed by atoms with Gasteiger partial charge in [-0.25, -0.2) is 9.78 Å². The van der Waals surface area contributed by atoms with Gasteiger partial charge in [0.05, 0.1) is 24.9 Å².